The van der Waals surface area contributed by atoms with Crippen LogP contribution in [0.1, 0.15) is 28.1 Å². The van der Waals surface area contributed by atoms with Gasteiger partial charge in [-0.25, -0.2) is 0 Å². The average molecular weight is 581 g/mol. The smallest absolute Gasteiger partial charge is 0.248 e. The first-order valence-electron chi connectivity index (χ1n) is 11.7. The van der Waals surface area contributed by atoms with E-state index in [0.717, 1.165) is 44.0 Å². The fraction of sp³-hybridized carbons (Fsp3) is 0.172. The van der Waals surface area contributed by atoms with E-state index in [1.807, 2.05) is 85.3 Å². The van der Waals surface area contributed by atoms with Crippen LogP contribution in [0.25, 0.3) is 6.08 Å². The Morgan fingerprint density at radius 3 is 2.57 bits per heavy atom. The van der Waals surface area contributed by atoms with Crippen LogP contribution in [0.2, 0.25) is 5.02 Å². The van der Waals surface area contributed by atoms with E-state index in [1.54, 1.807) is 13.2 Å². The van der Waals surface area contributed by atoms with E-state index < -0.39 is 0 Å². The van der Waals surface area contributed by atoms with Crippen molar-refractivity contribution in [1.82, 2.24) is 9.78 Å². The molecule has 0 unspecified atom stereocenters. The maximum absolute atomic E-state index is 12.7. The molecule has 190 valence electrons. The Morgan fingerprint density at radius 1 is 1.08 bits per heavy atom. The lowest BCUT2D eigenvalue weighted by Crippen LogP contribution is -2.10. The van der Waals surface area contributed by atoms with Crippen molar-refractivity contribution in [3.05, 3.63) is 110 Å². The zero-order chi connectivity index (χ0) is 26.4. The predicted octanol–water partition coefficient (Wildman–Crippen LogP) is 7.20. The van der Waals surface area contributed by atoms with Gasteiger partial charge in [0.25, 0.3) is 0 Å². The molecule has 1 amide bonds. The molecule has 1 heterocycles. The molecule has 3 aromatic carbocycles. The molecule has 0 aliphatic carbocycles. The Bertz CT molecular complexity index is 1430. The first kappa shape index (κ1) is 26.5. The van der Waals surface area contributed by atoms with Gasteiger partial charge >= 0.3 is 0 Å². The van der Waals surface area contributed by atoms with Gasteiger partial charge in [-0.15, -0.1) is 0 Å². The van der Waals surface area contributed by atoms with E-state index in [1.165, 1.54) is 6.08 Å². The summed E-state index contributed by atoms with van der Waals surface area (Å²) in [6, 6.07) is 21.0. The number of amides is 1. The minimum Gasteiger partial charge on any atom is -0.496 e. The van der Waals surface area contributed by atoms with Gasteiger partial charge in [0.05, 0.1) is 30.7 Å². The zero-order valence-corrected chi connectivity index (χ0v) is 23.1. The SMILES string of the molecule is COc1ccc(C=CC(=O)Nc2c(C)nn(Cc3ccccc3Cl)c2C)cc1COc1ccc(Br)cc1. The van der Waals surface area contributed by atoms with Gasteiger partial charge in [-0.1, -0.05) is 51.8 Å². The normalized spacial score (nSPS) is 11.1. The Balaban J connectivity index is 1.43. The van der Waals surface area contributed by atoms with E-state index in [4.69, 9.17) is 21.1 Å². The Morgan fingerprint density at radius 2 is 1.84 bits per heavy atom. The number of carbonyl (C=O) groups is 1. The van der Waals surface area contributed by atoms with Crippen LogP contribution in [0.4, 0.5) is 5.69 Å². The summed E-state index contributed by atoms with van der Waals surface area (Å²) in [5.74, 6) is 1.23. The highest BCUT2D eigenvalue weighted by atomic mass is 79.9. The van der Waals surface area contributed by atoms with E-state index >= 15 is 0 Å². The van der Waals surface area contributed by atoms with Crippen LogP contribution >= 0.6 is 27.5 Å². The standard InChI is InChI=1S/C29H27BrClN3O3/c1-19-29(20(2)34(33-19)17-22-6-4-5-7-26(22)31)32-28(35)15-9-21-8-14-27(36-3)23(16-21)18-37-25-12-10-24(30)11-13-25/h4-16H,17-18H2,1-3H3,(H,32,35). The van der Waals surface area contributed by atoms with E-state index in [9.17, 15) is 4.79 Å². The number of benzene rings is 3. The third kappa shape index (κ3) is 6.81. The Hall–Kier alpha value is -3.55. The van der Waals surface area contributed by atoms with E-state index in [-0.39, 0.29) is 5.91 Å². The number of nitrogens with zero attached hydrogens (tertiary/aromatic N) is 2. The Labute approximate surface area is 230 Å². The van der Waals surface area contributed by atoms with Gasteiger partial charge < -0.3 is 14.8 Å². The number of carbonyl (C=O) groups excluding carboxylic acids is 1. The summed E-state index contributed by atoms with van der Waals surface area (Å²) in [6.45, 7) is 4.66. The van der Waals surface area contributed by atoms with E-state index in [2.05, 4.69) is 26.3 Å². The third-order valence-electron chi connectivity index (χ3n) is 5.85. The molecule has 0 bridgehead atoms. The molecule has 4 rings (SSSR count). The van der Waals surface area contributed by atoms with Crippen LogP contribution in [0.3, 0.4) is 0 Å². The summed E-state index contributed by atoms with van der Waals surface area (Å²) < 4.78 is 14.2. The molecule has 1 aromatic heterocycles. The minimum absolute atomic E-state index is 0.244. The quantitative estimate of drug-likeness (QED) is 0.213. The molecule has 0 saturated heterocycles. The summed E-state index contributed by atoms with van der Waals surface area (Å²) in [4.78, 5) is 12.7. The molecule has 0 fully saturated rings. The van der Waals surface area contributed by atoms with Crippen molar-refractivity contribution in [3.8, 4) is 11.5 Å². The number of aryl methyl sites for hydroxylation is 1. The van der Waals surface area contributed by atoms with Gasteiger partial charge in [0, 0.05) is 21.1 Å². The molecule has 6 nitrogen and oxygen atoms in total. The van der Waals surface area contributed by atoms with Crippen molar-refractivity contribution in [2.45, 2.75) is 27.0 Å². The van der Waals surface area contributed by atoms with Crippen LogP contribution in [0, 0.1) is 13.8 Å². The summed E-state index contributed by atoms with van der Waals surface area (Å²) in [5, 5.41) is 8.24. The van der Waals surface area contributed by atoms with Gasteiger partial charge in [-0.3, -0.25) is 9.48 Å². The maximum Gasteiger partial charge on any atom is 0.248 e. The monoisotopic (exact) mass is 579 g/mol. The largest absolute Gasteiger partial charge is 0.496 e. The lowest BCUT2D eigenvalue weighted by atomic mass is 10.1. The number of ether oxygens (including phenoxy) is 2. The van der Waals surface area contributed by atoms with Crippen molar-refractivity contribution in [3.63, 3.8) is 0 Å². The molecule has 0 saturated carbocycles. The molecule has 1 N–H and O–H groups in total. The molecular formula is C29H27BrClN3O3. The molecular weight excluding hydrogens is 554 g/mol. The molecule has 0 radical (unpaired) electrons. The lowest BCUT2D eigenvalue weighted by molar-refractivity contribution is -0.111. The van der Waals surface area contributed by atoms with Crippen LogP contribution in [-0.4, -0.2) is 22.8 Å². The number of hydrogen-bond donors (Lipinski definition) is 1. The number of anilines is 1. The van der Waals surface area contributed by atoms with Crippen molar-refractivity contribution >= 4 is 45.2 Å². The molecule has 0 spiro atoms. The highest BCUT2D eigenvalue weighted by Crippen LogP contribution is 2.25. The average Bonchev–Trinajstić information content (AvgIpc) is 3.15. The predicted molar refractivity (Wildman–Crippen MR) is 151 cm³/mol. The second-order valence-electron chi connectivity index (χ2n) is 8.43. The maximum atomic E-state index is 12.7. The van der Waals surface area contributed by atoms with Gasteiger partial charge in [0.1, 0.15) is 18.1 Å². The van der Waals surface area contributed by atoms with Crippen LogP contribution in [0.5, 0.6) is 11.5 Å². The molecule has 37 heavy (non-hydrogen) atoms. The summed E-state index contributed by atoms with van der Waals surface area (Å²) in [6.07, 6.45) is 3.27. The first-order chi connectivity index (χ1) is 17.8. The number of hydrogen-bond acceptors (Lipinski definition) is 4. The van der Waals surface area contributed by atoms with Crippen molar-refractivity contribution < 1.29 is 14.3 Å². The first-order valence-corrected chi connectivity index (χ1v) is 12.8. The van der Waals surface area contributed by atoms with Crippen molar-refractivity contribution in [2.24, 2.45) is 0 Å². The molecule has 0 aliphatic heterocycles. The number of aromatic nitrogens is 2. The van der Waals surface area contributed by atoms with Gasteiger partial charge in [-0.05, 0) is 73.5 Å². The molecule has 8 heteroatoms. The van der Waals surface area contributed by atoms with Gasteiger partial charge in [0.15, 0.2) is 0 Å². The van der Waals surface area contributed by atoms with E-state index in [0.29, 0.717) is 23.9 Å². The highest BCUT2D eigenvalue weighted by Gasteiger charge is 2.14. The number of nitrogens with one attached hydrogen (secondary N) is 1. The molecule has 0 atom stereocenters. The molecule has 0 aliphatic rings. The minimum atomic E-state index is -0.244. The second-order valence-corrected chi connectivity index (χ2v) is 9.75. The van der Waals surface area contributed by atoms with Gasteiger partial charge in [0.2, 0.25) is 5.91 Å². The Kier molecular flexibility index (Phi) is 8.69. The number of methoxy groups -OCH3 is 1. The summed E-state index contributed by atoms with van der Waals surface area (Å²) in [5.41, 5.74) is 4.99. The third-order valence-corrected chi connectivity index (χ3v) is 6.74. The summed E-state index contributed by atoms with van der Waals surface area (Å²) >= 11 is 9.73. The highest BCUT2D eigenvalue weighted by molar-refractivity contribution is 9.10. The van der Waals surface area contributed by atoms with Crippen molar-refractivity contribution in [1.29, 1.82) is 0 Å². The summed E-state index contributed by atoms with van der Waals surface area (Å²) in [7, 11) is 1.62. The second kappa shape index (κ2) is 12.1. The number of halogens is 2. The fourth-order valence-corrected chi connectivity index (χ4v) is 4.32. The molecule has 4 aromatic rings. The zero-order valence-electron chi connectivity index (χ0n) is 20.8. The number of rotatable bonds is 9. The topological polar surface area (TPSA) is 65.4 Å². The van der Waals surface area contributed by atoms with Crippen LogP contribution in [0.15, 0.2) is 77.3 Å². The van der Waals surface area contributed by atoms with Crippen LogP contribution < -0.4 is 14.8 Å². The van der Waals surface area contributed by atoms with Gasteiger partial charge in [-0.2, -0.15) is 5.10 Å². The lowest BCUT2D eigenvalue weighted by Gasteiger charge is -2.11. The van der Waals surface area contributed by atoms with Crippen molar-refractivity contribution in [2.75, 3.05) is 12.4 Å². The van der Waals surface area contributed by atoms with Crippen LogP contribution in [-0.2, 0) is 17.9 Å². The fourth-order valence-electron chi connectivity index (χ4n) is 3.86.